The number of benzene rings is 2. The first-order valence-electron chi connectivity index (χ1n) is 28.2. The molecule has 2 aliphatic heterocycles. The van der Waals surface area contributed by atoms with Gasteiger partial charge in [0.15, 0.2) is 5.82 Å². The van der Waals surface area contributed by atoms with E-state index in [-0.39, 0.29) is 57.7 Å². The van der Waals surface area contributed by atoms with Crippen LogP contribution in [0, 0.1) is 20.8 Å². The number of alkyl halides is 6. The third kappa shape index (κ3) is 15.0. The Morgan fingerprint density at radius 1 is 0.580 bits per heavy atom. The summed E-state index contributed by atoms with van der Waals surface area (Å²) in [4.78, 5) is 99.7. The fourth-order valence-corrected chi connectivity index (χ4v) is 10.4. The molecular weight excluding hydrogens is 1230 g/mol. The molecular formula is C58H68BrF6N15O8. The number of aromatic nitrogens is 9. The molecule has 23 nitrogen and oxygen atoms in total. The predicted octanol–water partition coefficient (Wildman–Crippen LogP) is 9.09. The zero-order valence-electron chi connectivity index (χ0n) is 50.4. The Balaban J connectivity index is 0.000000230. The standard InChI is InChI=1S/C32H37F3N8O4.C26H31BrF3N7O4/c1-7-24-26(40-12-14-41(15-13-40)30(46)47-31(4,5)6)28(45)43-29(38-27(39-43)21-9-8-20(3)36-17-21)42(24)18-25(44)37-23-11-10-22(16-19(23)2)32(33,34)35;1-6-18-20(34-9-11-35(12-10-34)24(40)41-25(3,4)5)21(39)37-23(32-22(27)33-37)36(18)14-19(38)31-17-8-7-16(13-15(17)2)26(28,29)30/h8-11,16-17H,7,12-15,18H2,1-6H3,(H,37,44);7-8,13H,6,9-12,14H2,1-5H3,(H,31,38). The molecule has 2 fully saturated rings. The highest BCUT2D eigenvalue weighted by Gasteiger charge is 2.35. The van der Waals surface area contributed by atoms with Gasteiger partial charge in [0.2, 0.25) is 28.1 Å². The molecule has 88 heavy (non-hydrogen) atoms. The first-order valence-corrected chi connectivity index (χ1v) is 29.0. The molecule has 7 aromatic rings. The predicted molar refractivity (Wildman–Crippen MR) is 319 cm³/mol. The van der Waals surface area contributed by atoms with Gasteiger partial charge in [-0.1, -0.05) is 13.8 Å². The molecule has 2 saturated heterocycles. The van der Waals surface area contributed by atoms with Gasteiger partial charge in [-0.25, -0.2) is 9.59 Å². The number of nitrogens with zero attached hydrogens (tertiary/aromatic N) is 13. The summed E-state index contributed by atoms with van der Waals surface area (Å²) >= 11 is 3.20. The zero-order valence-corrected chi connectivity index (χ0v) is 52.0. The number of pyridine rings is 1. The van der Waals surface area contributed by atoms with E-state index >= 15 is 0 Å². The molecule has 0 bridgehead atoms. The van der Waals surface area contributed by atoms with Gasteiger partial charge < -0.3 is 48.8 Å². The van der Waals surface area contributed by atoms with E-state index in [0.29, 0.717) is 93.5 Å². The van der Waals surface area contributed by atoms with Crippen LogP contribution in [-0.4, -0.2) is 141 Å². The van der Waals surface area contributed by atoms with Crippen molar-refractivity contribution in [2.24, 2.45) is 0 Å². The fourth-order valence-electron chi connectivity index (χ4n) is 10.1. The highest BCUT2D eigenvalue weighted by atomic mass is 79.9. The van der Waals surface area contributed by atoms with Gasteiger partial charge in [-0.05, 0) is 151 Å². The van der Waals surface area contributed by atoms with Crippen LogP contribution in [0.4, 0.5) is 58.7 Å². The maximum atomic E-state index is 14.1. The van der Waals surface area contributed by atoms with E-state index in [0.717, 1.165) is 39.0 Å². The summed E-state index contributed by atoms with van der Waals surface area (Å²) in [5, 5.41) is 14.0. The quantitative estimate of drug-likeness (QED) is 0.115. The van der Waals surface area contributed by atoms with E-state index < -0.39 is 69.8 Å². The highest BCUT2D eigenvalue weighted by molar-refractivity contribution is 9.10. The van der Waals surface area contributed by atoms with Crippen LogP contribution < -0.4 is 31.6 Å². The number of carbonyl (C=O) groups is 4. The Morgan fingerprint density at radius 3 is 1.35 bits per heavy atom. The Hall–Kier alpha value is -8.57. The van der Waals surface area contributed by atoms with Crippen molar-refractivity contribution in [3.63, 3.8) is 0 Å². The minimum atomic E-state index is -4.52. The van der Waals surface area contributed by atoms with Crippen molar-refractivity contribution in [1.29, 1.82) is 0 Å². The smallest absolute Gasteiger partial charge is 0.416 e. The van der Waals surface area contributed by atoms with Gasteiger partial charge >= 0.3 is 24.5 Å². The van der Waals surface area contributed by atoms with Crippen molar-refractivity contribution in [3.8, 4) is 11.4 Å². The van der Waals surface area contributed by atoms with Crippen LogP contribution in [0.3, 0.4) is 0 Å². The number of aryl methyl sites for hydroxylation is 3. The second kappa shape index (κ2) is 25.6. The number of nitrogens with one attached hydrogen (secondary N) is 2. The van der Waals surface area contributed by atoms with Crippen molar-refractivity contribution in [2.75, 3.05) is 72.8 Å². The van der Waals surface area contributed by atoms with Gasteiger partial charge in [0.05, 0.1) is 22.5 Å². The second-order valence-corrected chi connectivity index (χ2v) is 23.8. The van der Waals surface area contributed by atoms with Gasteiger partial charge in [-0.3, -0.25) is 24.2 Å². The maximum absolute atomic E-state index is 14.1. The van der Waals surface area contributed by atoms with Gasteiger partial charge in [-0.15, -0.1) is 10.2 Å². The minimum absolute atomic E-state index is 0.123. The van der Waals surface area contributed by atoms with E-state index in [1.54, 1.807) is 78.8 Å². The Bertz CT molecular complexity index is 3910. The summed E-state index contributed by atoms with van der Waals surface area (Å²) < 4.78 is 95.4. The van der Waals surface area contributed by atoms with Crippen molar-refractivity contribution in [1.82, 2.24) is 53.1 Å². The van der Waals surface area contributed by atoms with Crippen LogP contribution in [0.15, 0.2) is 69.1 Å². The zero-order chi connectivity index (χ0) is 64.5. The number of fused-ring (bicyclic) bond motifs is 2. The van der Waals surface area contributed by atoms with E-state index in [1.807, 2.05) is 30.6 Å². The lowest BCUT2D eigenvalue weighted by molar-refractivity contribution is -0.138. The summed E-state index contributed by atoms with van der Waals surface area (Å²) in [6.45, 7) is 21.3. The summed E-state index contributed by atoms with van der Waals surface area (Å²) in [7, 11) is 0. The number of amides is 4. The largest absolute Gasteiger partial charge is 0.444 e. The average molecular weight is 1300 g/mol. The molecule has 472 valence electrons. The first kappa shape index (κ1) is 65.4. The molecule has 30 heteroatoms. The third-order valence-electron chi connectivity index (χ3n) is 14.2. The highest BCUT2D eigenvalue weighted by Crippen LogP contribution is 2.34. The molecule has 9 rings (SSSR count). The molecule has 0 unspecified atom stereocenters. The normalized spacial score (nSPS) is 14.2. The van der Waals surface area contributed by atoms with Crippen molar-refractivity contribution in [2.45, 2.75) is 126 Å². The summed E-state index contributed by atoms with van der Waals surface area (Å²) in [5.74, 6) is -0.563. The van der Waals surface area contributed by atoms with E-state index in [1.165, 1.54) is 26.0 Å². The van der Waals surface area contributed by atoms with E-state index in [9.17, 15) is 55.1 Å². The Morgan fingerprint density at radius 2 is 0.989 bits per heavy atom. The lowest BCUT2D eigenvalue weighted by Gasteiger charge is -2.37. The SMILES string of the molecule is CCc1c(N2CCN(C(=O)OC(C)(C)C)CC2)c(=O)n2nc(-c3ccc(C)nc3)nc2n1CC(=O)Nc1ccc(C(F)(F)F)cc1C.CCc1c(N2CCN(C(=O)OC(C)(C)C)CC2)c(=O)n2nc(Br)nc2n1CC(=O)Nc1ccc(C(F)(F)F)cc1C. The monoisotopic (exact) mass is 1300 g/mol. The van der Waals surface area contributed by atoms with Gasteiger partial charge in [-0.2, -0.15) is 45.3 Å². The summed E-state index contributed by atoms with van der Waals surface area (Å²) in [6.07, 6.45) is -7.59. The molecule has 0 saturated carbocycles. The molecule has 0 aliphatic carbocycles. The first-order chi connectivity index (χ1) is 41.1. The van der Waals surface area contributed by atoms with Crippen LogP contribution in [0.2, 0.25) is 0 Å². The topological polar surface area (TPSA) is 241 Å². The van der Waals surface area contributed by atoms with Crippen LogP contribution in [-0.2, 0) is 57.3 Å². The van der Waals surface area contributed by atoms with E-state index in [2.05, 4.69) is 51.7 Å². The Labute approximate surface area is 509 Å². The third-order valence-corrected chi connectivity index (χ3v) is 14.6. The summed E-state index contributed by atoms with van der Waals surface area (Å²) in [6, 6.07) is 9.75. The van der Waals surface area contributed by atoms with Crippen LogP contribution in [0.5, 0.6) is 0 Å². The summed E-state index contributed by atoms with van der Waals surface area (Å²) in [5.41, 5.74) is 0.250. The maximum Gasteiger partial charge on any atom is 0.416 e. The number of piperazine rings is 2. The molecule has 4 amide bonds. The molecule has 0 atom stereocenters. The molecule has 7 heterocycles. The van der Waals surface area contributed by atoms with Crippen LogP contribution in [0.25, 0.3) is 22.9 Å². The number of halogens is 7. The van der Waals surface area contributed by atoms with Gasteiger partial charge in [0, 0.05) is 81.2 Å². The number of hydrogen-bond acceptors (Lipinski definition) is 15. The number of hydrogen-bond donors (Lipinski definition) is 2. The molecule has 2 aromatic carbocycles. The second-order valence-electron chi connectivity index (χ2n) is 23.1. The van der Waals surface area contributed by atoms with Gasteiger partial charge in [0.25, 0.3) is 11.1 Å². The van der Waals surface area contributed by atoms with Crippen molar-refractivity contribution >= 4 is 74.2 Å². The molecule has 5 aromatic heterocycles. The number of anilines is 4. The molecule has 0 radical (unpaired) electrons. The average Bonchev–Trinajstić information content (AvgIpc) is 1.52. The number of rotatable bonds is 11. The van der Waals surface area contributed by atoms with Crippen LogP contribution in [0.1, 0.15) is 94.7 Å². The fraction of sp³-hybridized carbons (Fsp3) is 0.466. The minimum Gasteiger partial charge on any atom is -0.444 e. The Kier molecular flexibility index (Phi) is 19.1. The van der Waals surface area contributed by atoms with E-state index in [4.69, 9.17) is 9.47 Å². The van der Waals surface area contributed by atoms with Crippen LogP contribution >= 0.6 is 15.9 Å². The number of ether oxygens (including phenoxy) is 2. The molecule has 2 aliphatic rings. The number of carbonyl (C=O) groups excluding carboxylic acids is 4. The lowest BCUT2D eigenvalue weighted by Crippen LogP contribution is -2.51. The molecule has 0 spiro atoms. The van der Waals surface area contributed by atoms with Gasteiger partial charge in [0.1, 0.15) is 35.7 Å². The lowest BCUT2D eigenvalue weighted by atomic mass is 10.1. The van der Waals surface area contributed by atoms with Crippen molar-refractivity contribution < 1.29 is 55.0 Å². The van der Waals surface area contributed by atoms with Crippen molar-refractivity contribution in [3.05, 3.63) is 120 Å². The molecule has 2 N–H and O–H groups in total.